The van der Waals surface area contributed by atoms with Gasteiger partial charge in [0.05, 0.1) is 39.9 Å². The third kappa shape index (κ3) is 11.2. The van der Waals surface area contributed by atoms with Crippen LogP contribution in [0.1, 0.15) is 184 Å². The summed E-state index contributed by atoms with van der Waals surface area (Å²) in [6.07, 6.45) is 1.99. The highest BCUT2D eigenvalue weighted by molar-refractivity contribution is 6.14. The first-order chi connectivity index (χ1) is 38.4. The van der Waals surface area contributed by atoms with Gasteiger partial charge in [-0.25, -0.2) is 9.83 Å². The van der Waals surface area contributed by atoms with E-state index in [1.807, 2.05) is 12.3 Å². The van der Waals surface area contributed by atoms with Crippen LogP contribution in [-0.2, 0) is 37.9 Å². The van der Waals surface area contributed by atoms with Crippen molar-refractivity contribution in [1.29, 1.82) is 0 Å². The van der Waals surface area contributed by atoms with Crippen LogP contribution in [0.2, 0.25) is 0 Å². The molecule has 0 bridgehead atoms. The number of hydrogen-bond acceptors (Lipinski definition) is 3. The maximum absolute atomic E-state index is 11.8. The van der Waals surface area contributed by atoms with E-state index in [1.165, 1.54) is 66.4 Å². The van der Waals surface area contributed by atoms with Gasteiger partial charge in [-0.15, -0.1) is 0 Å². The van der Waals surface area contributed by atoms with Gasteiger partial charge in [0, 0.05) is 45.0 Å². The number of aromatic hydroxyl groups is 1. The molecule has 0 aliphatic carbocycles. The van der Waals surface area contributed by atoms with Crippen molar-refractivity contribution in [3.8, 4) is 62.0 Å². The van der Waals surface area contributed by atoms with E-state index in [2.05, 4.69) is 275 Å². The number of phenols is 1. The van der Waals surface area contributed by atoms with Crippen molar-refractivity contribution in [2.45, 2.75) is 183 Å². The summed E-state index contributed by atoms with van der Waals surface area (Å²) in [6.45, 7) is 55.9. The quantitative estimate of drug-likeness (QED) is 0.169. The van der Waals surface area contributed by atoms with Crippen molar-refractivity contribution in [2.24, 2.45) is 0 Å². The lowest BCUT2D eigenvalue weighted by atomic mass is 9.80. The van der Waals surface area contributed by atoms with Gasteiger partial charge in [0.15, 0.2) is 5.69 Å². The van der Waals surface area contributed by atoms with Gasteiger partial charge in [-0.05, 0) is 173 Å². The van der Waals surface area contributed by atoms with Crippen LogP contribution in [0.25, 0.3) is 94.0 Å². The van der Waals surface area contributed by atoms with E-state index in [4.69, 9.17) is 16.5 Å². The van der Waals surface area contributed by atoms with E-state index in [0.29, 0.717) is 17.1 Å². The Hall–Kier alpha value is -7.75. The molecule has 6 nitrogen and oxygen atoms in total. The molecule has 1 N–H and O–H groups in total. The summed E-state index contributed by atoms with van der Waals surface area (Å²) < 4.78 is 4.76. The minimum absolute atomic E-state index is 0.0102. The Balaban J connectivity index is 1.25. The third-order valence-electron chi connectivity index (χ3n) is 16.9. The highest BCUT2D eigenvalue weighted by Crippen LogP contribution is 2.47. The maximum Gasteiger partial charge on any atom is 0.190 e. The van der Waals surface area contributed by atoms with Crippen LogP contribution in [-0.4, -0.2) is 24.2 Å². The second-order valence-corrected chi connectivity index (χ2v) is 30.8. The minimum atomic E-state index is -0.221. The van der Waals surface area contributed by atoms with Gasteiger partial charge < -0.3 is 9.67 Å². The lowest BCUT2D eigenvalue weighted by molar-refractivity contribution is 0.477. The molecule has 0 saturated carbocycles. The lowest BCUT2D eigenvalue weighted by Crippen LogP contribution is -2.17. The molecule has 7 aromatic carbocycles. The predicted molar refractivity (Wildman–Crippen MR) is 354 cm³/mol. The summed E-state index contributed by atoms with van der Waals surface area (Å²) in [5.74, 6) is 0.612. The molecule has 0 aliphatic rings. The summed E-state index contributed by atoms with van der Waals surface area (Å²) in [5.41, 5.74) is 21.2. The van der Waals surface area contributed by atoms with Crippen LogP contribution in [0, 0.1) is 6.57 Å². The molecule has 3 heterocycles. The maximum atomic E-state index is 11.8. The Bertz CT molecular complexity index is 4190. The second-order valence-electron chi connectivity index (χ2n) is 30.8. The van der Waals surface area contributed by atoms with E-state index in [-0.39, 0.29) is 43.7 Å². The molecule has 0 atom stereocenters. The fourth-order valence-electron chi connectivity index (χ4n) is 11.4. The summed E-state index contributed by atoms with van der Waals surface area (Å²) in [7, 11) is 0. The smallest absolute Gasteiger partial charge is 0.190 e. The molecular formula is C77H87N5O. The first-order valence-electron chi connectivity index (χ1n) is 29.7. The van der Waals surface area contributed by atoms with Gasteiger partial charge in [-0.3, -0.25) is 9.55 Å². The van der Waals surface area contributed by atoms with Crippen LogP contribution in [0.3, 0.4) is 0 Å². The average molecular weight is 1100 g/mol. The second kappa shape index (κ2) is 20.0. The Morgan fingerprint density at radius 1 is 0.398 bits per heavy atom. The van der Waals surface area contributed by atoms with E-state index in [9.17, 15) is 5.11 Å². The van der Waals surface area contributed by atoms with Gasteiger partial charge in [0.2, 0.25) is 0 Å². The zero-order chi connectivity index (χ0) is 60.5. The van der Waals surface area contributed by atoms with Crippen LogP contribution < -0.4 is 0 Å². The van der Waals surface area contributed by atoms with Crippen LogP contribution in [0.15, 0.2) is 140 Å². The normalized spacial score (nSPS) is 13.2. The molecule has 0 aliphatic heterocycles. The Kier molecular flexibility index (Phi) is 14.1. The van der Waals surface area contributed by atoms with Crippen molar-refractivity contribution < 1.29 is 5.11 Å². The molecule has 0 radical (unpaired) electrons. The molecule has 10 rings (SSSR count). The number of phenolic OH excluding ortho intramolecular Hbond substituents is 1. The summed E-state index contributed by atoms with van der Waals surface area (Å²) in [5, 5.41) is 14.3. The SMILES string of the molecule is [C-]#[N+]c1ccc(-c2nc3c(-c4cc(-c5cc(-c6cc(C(C)(C)C)cc7c8cc(C(C)(C)C)ccc8n(-c8cc(C(C)(C)C)cc(C(C)(C)C)c8)c67)ccn5)cc(C(C)(C)C)c4)cccc3n2-c2cc(C(C)(C)C)cc(C(C)(C)C)c2)c(O)c1. The monoisotopic (exact) mass is 1100 g/mol. The minimum Gasteiger partial charge on any atom is -0.509 e. The fourth-order valence-corrected chi connectivity index (χ4v) is 11.4. The number of fused-ring (bicyclic) bond motifs is 4. The van der Waals surface area contributed by atoms with E-state index in [0.717, 1.165) is 50.2 Å². The van der Waals surface area contributed by atoms with Crippen LogP contribution in [0.5, 0.6) is 5.75 Å². The van der Waals surface area contributed by atoms with Crippen LogP contribution in [0.4, 0.5) is 5.69 Å². The number of rotatable bonds is 6. The summed E-state index contributed by atoms with van der Waals surface area (Å²) in [4.78, 5) is 14.4. The van der Waals surface area contributed by atoms with Crippen molar-refractivity contribution in [2.75, 3.05) is 0 Å². The average Bonchev–Trinajstić information content (AvgIpc) is 2.22. The van der Waals surface area contributed by atoms with Crippen molar-refractivity contribution in [3.05, 3.63) is 190 Å². The summed E-state index contributed by atoms with van der Waals surface area (Å²) in [6, 6.07) is 49.2. The van der Waals surface area contributed by atoms with E-state index in [1.54, 1.807) is 12.1 Å². The molecule has 0 amide bonds. The van der Waals surface area contributed by atoms with Gasteiger partial charge in [0.25, 0.3) is 0 Å². The van der Waals surface area contributed by atoms with Crippen molar-refractivity contribution in [3.63, 3.8) is 0 Å². The number of nitrogens with zero attached hydrogens (tertiary/aromatic N) is 5. The molecule has 0 fully saturated rings. The zero-order valence-electron chi connectivity index (χ0n) is 53.5. The number of benzene rings is 7. The zero-order valence-corrected chi connectivity index (χ0v) is 53.5. The molecule has 0 spiro atoms. The third-order valence-corrected chi connectivity index (χ3v) is 16.9. The number of imidazole rings is 1. The molecule has 0 saturated heterocycles. The molecule has 0 unspecified atom stereocenters. The standard InChI is InChI=1S/C77H87N5O/c1-71(2,3)49-26-29-65-62(42-49)63-44-55(77(19,20)21)43-61(69(63)81(65)57-38-51(73(7,8)9)36-52(39-57)74(10,11)12)46-30-31-79-64(35-46)48-32-47(33-50(34-48)72(4,5)6)59-24-23-25-66-68(59)80-70(60-28-27-56(78-22)45-67(60)83)82(66)58-40-53(75(13,14)15)37-54(41-58)76(16,17)18/h23-45,83H,1-21H3. The number of pyridine rings is 1. The van der Waals surface area contributed by atoms with Crippen LogP contribution >= 0.6 is 0 Å². The Labute approximate surface area is 495 Å². The molecule has 10 aromatic rings. The fraction of sp³-hybridized carbons (Fsp3) is 0.364. The summed E-state index contributed by atoms with van der Waals surface area (Å²) >= 11 is 0. The van der Waals surface area contributed by atoms with Gasteiger partial charge in [0.1, 0.15) is 11.6 Å². The van der Waals surface area contributed by atoms with Gasteiger partial charge in [-0.1, -0.05) is 194 Å². The highest BCUT2D eigenvalue weighted by atomic mass is 16.3. The first-order valence-corrected chi connectivity index (χ1v) is 29.7. The van der Waals surface area contributed by atoms with Gasteiger partial charge in [-0.2, -0.15) is 0 Å². The van der Waals surface area contributed by atoms with Crippen molar-refractivity contribution >= 4 is 38.5 Å². The van der Waals surface area contributed by atoms with E-state index < -0.39 is 0 Å². The Morgan fingerprint density at radius 3 is 1.43 bits per heavy atom. The number of aromatic nitrogens is 4. The predicted octanol–water partition coefficient (Wildman–Crippen LogP) is 21.5. The lowest BCUT2D eigenvalue weighted by Gasteiger charge is -2.27. The number of para-hydroxylation sites is 1. The Morgan fingerprint density at radius 2 is 0.904 bits per heavy atom. The van der Waals surface area contributed by atoms with Gasteiger partial charge >= 0.3 is 0 Å². The highest BCUT2D eigenvalue weighted by Gasteiger charge is 2.30. The molecular weight excluding hydrogens is 1010 g/mol. The first kappa shape index (κ1) is 58.4. The molecule has 83 heavy (non-hydrogen) atoms. The molecule has 6 heteroatoms. The largest absolute Gasteiger partial charge is 0.509 e. The molecule has 426 valence electrons. The molecule has 3 aromatic heterocycles. The number of hydrogen-bond donors (Lipinski definition) is 1. The van der Waals surface area contributed by atoms with E-state index >= 15 is 0 Å². The topological polar surface area (TPSA) is 60.2 Å². The van der Waals surface area contributed by atoms with Crippen molar-refractivity contribution in [1.82, 2.24) is 19.1 Å².